The molecule has 0 aliphatic carbocycles. The van der Waals surface area contributed by atoms with Crippen LogP contribution in [-0.4, -0.2) is 45.5 Å². The van der Waals surface area contributed by atoms with Crippen LogP contribution < -0.4 is 10.1 Å². The normalized spacial score (nSPS) is 13.8. The molecule has 2 aromatic carbocycles. The highest BCUT2D eigenvalue weighted by Gasteiger charge is 2.41. The second-order valence-electron chi connectivity index (χ2n) is 10.6. The minimum atomic E-state index is -0.961. The van der Waals surface area contributed by atoms with Crippen molar-refractivity contribution in [3.8, 4) is 22.7 Å². The van der Waals surface area contributed by atoms with E-state index in [1.807, 2.05) is 30.3 Å². The Morgan fingerprint density at radius 2 is 1.56 bits per heavy atom. The lowest BCUT2D eigenvalue weighted by atomic mass is 9.79. The number of rotatable bonds is 10. The van der Waals surface area contributed by atoms with Gasteiger partial charge in [-0.1, -0.05) is 18.2 Å². The molecular weight excluding hydrogens is 552 g/mol. The summed E-state index contributed by atoms with van der Waals surface area (Å²) in [6.07, 6.45) is 0.882. The first-order valence-electron chi connectivity index (χ1n) is 14.1. The number of para-hydroxylation sites is 1. The van der Waals surface area contributed by atoms with Crippen LogP contribution in [0.25, 0.3) is 16.9 Å². The summed E-state index contributed by atoms with van der Waals surface area (Å²) in [5, 5.41) is 20.0. The summed E-state index contributed by atoms with van der Waals surface area (Å²) in [6.45, 7) is 12.4. The highest BCUT2D eigenvalue weighted by Crippen LogP contribution is 2.44. The summed E-state index contributed by atoms with van der Waals surface area (Å²) >= 11 is 0. The van der Waals surface area contributed by atoms with Gasteiger partial charge in [-0.3, -0.25) is 10.1 Å². The number of benzene rings is 2. The molecule has 1 aliphatic heterocycles. The van der Waals surface area contributed by atoms with E-state index >= 15 is 0 Å². The van der Waals surface area contributed by atoms with Gasteiger partial charge in [0.1, 0.15) is 0 Å². The number of esters is 2. The van der Waals surface area contributed by atoms with E-state index in [1.165, 1.54) is 12.1 Å². The number of nitrogens with one attached hydrogen (secondary N) is 1. The van der Waals surface area contributed by atoms with Gasteiger partial charge in [0.05, 0.1) is 52.2 Å². The minimum absolute atomic E-state index is 0.121. The third-order valence-corrected chi connectivity index (χ3v) is 6.69. The molecule has 0 bridgehead atoms. The Balaban J connectivity index is 2.05. The third kappa shape index (κ3) is 6.61. The molecule has 0 unspecified atom stereocenters. The van der Waals surface area contributed by atoms with Crippen LogP contribution >= 0.6 is 0 Å². The Kier molecular flexibility index (Phi) is 9.33. The van der Waals surface area contributed by atoms with E-state index in [0.29, 0.717) is 33.9 Å². The molecule has 1 N–H and O–H groups in total. The van der Waals surface area contributed by atoms with Crippen LogP contribution in [0.3, 0.4) is 0 Å². The molecule has 11 heteroatoms. The minimum Gasteiger partial charge on any atom is -0.487 e. The number of hydrogen-bond acceptors (Lipinski definition) is 9. The van der Waals surface area contributed by atoms with Gasteiger partial charge in [-0.25, -0.2) is 14.3 Å². The number of hydrogen-bond donors (Lipinski definition) is 1. The zero-order valence-corrected chi connectivity index (χ0v) is 25.3. The Morgan fingerprint density at radius 1 is 0.977 bits per heavy atom. The van der Waals surface area contributed by atoms with Crippen LogP contribution in [0.15, 0.2) is 77.3 Å². The monoisotopic (exact) mass is 588 g/mol. The summed E-state index contributed by atoms with van der Waals surface area (Å²) in [5.41, 5.74) is 3.12. The summed E-state index contributed by atoms with van der Waals surface area (Å²) in [6, 6.07) is 13.9. The maximum Gasteiger partial charge on any atom is 0.337 e. The average Bonchev–Trinajstić information content (AvgIpc) is 3.37. The zero-order chi connectivity index (χ0) is 31.4. The molecule has 1 aromatic heterocycles. The Hall–Kier alpha value is -4.93. The molecule has 226 valence electrons. The Bertz CT molecular complexity index is 1560. The lowest BCUT2D eigenvalue weighted by Crippen LogP contribution is -2.33. The molecule has 0 amide bonds. The predicted molar refractivity (Wildman–Crippen MR) is 161 cm³/mol. The van der Waals surface area contributed by atoms with Crippen molar-refractivity contribution in [1.29, 1.82) is 0 Å². The van der Waals surface area contributed by atoms with Crippen molar-refractivity contribution >= 4 is 17.6 Å². The number of carbonyl (C=O) groups excluding carboxylic acids is 2. The molecular formula is C32H36N4O7. The summed E-state index contributed by atoms with van der Waals surface area (Å²) < 4.78 is 18.4. The molecule has 1 aliphatic rings. The highest BCUT2D eigenvalue weighted by atomic mass is 16.6. The van der Waals surface area contributed by atoms with Crippen LogP contribution in [0.4, 0.5) is 5.69 Å². The molecule has 0 atom stereocenters. The second-order valence-corrected chi connectivity index (χ2v) is 10.6. The quantitative estimate of drug-likeness (QED) is 0.172. The van der Waals surface area contributed by atoms with Crippen LogP contribution in [-0.2, 0) is 19.1 Å². The van der Waals surface area contributed by atoms with Gasteiger partial charge in [0.25, 0.3) is 0 Å². The molecule has 0 spiro atoms. The number of ether oxygens (including phenoxy) is 3. The van der Waals surface area contributed by atoms with E-state index in [-0.39, 0.29) is 29.2 Å². The first-order chi connectivity index (χ1) is 20.4. The van der Waals surface area contributed by atoms with Gasteiger partial charge < -0.3 is 19.5 Å². The van der Waals surface area contributed by atoms with E-state index in [9.17, 15) is 19.7 Å². The van der Waals surface area contributed by atoms with Gasteiger partial charge in [0.2, 0.25) is 0 Å². The maximum absolute atomic E-state index is 13.7. The molecule has 0 fully saturated rings. The largest absolute Gasteiger partial charge is 0.487 e. The Morgan fingerprint density at radius 3 is 2.07 bits per heavy atom. The van der Waals surface area contributed by atoms with Gasteiger partial charge in [-0.2, -0.15) is 5.10 Å². The fraction of sp³-hybridized carbons (Fsp3) is 0.344. The van der Waals surface area contributed by atoms with E-state index in [2.05, 4.69) is 5.32 Å². The molecule has 4 rings (SSSR count). The Labute approximate surface area is 250 Å². The number of dihydropyridines is 1. The standard InChI is InChI=1S/C32H36N4O7/c1-8-41-26-15-14-22(16-25(26)36(39)40)30-24(17-35(34-30)23-12-10-9-11-13-23)29-27(31(37)42-18(2)3)20(6)33-21(7)28(29)32(38)43-19(4)5/h9-19,29,33H,8H2,1-7H3. The van der Waals surface area contributed by atoms with Gasteiger partial charge in [-0.15, -0.1) is 0 Å². The third-order valence-electron chi connectivity index (χ3n) is 6.69. The van der Waals surface area contributed by atoms with Gasteiger partial charge in [-0.05, 0) is 72.7 Å². The molecule has 0 radical (unpaired) electrons. The smallest absolute Gasteiger partial charge is 0.337 e. The first kappa shape index (κ1) is 31.0. The van der Waals surface area contributed by atoms with Crippen LogP contribution in [0.2, 0.25) is 0 Å². The summed E-state index contributed by atoms with van der Waals surface area (Å²) in [5.74, 6) is -2.06. The van der Waals surface area contributed by atoms with E-state index < -0.39 is 35.0 Å². The number of allylic oxidation sites excluding steroid dienone is 2. The number of nitro groups is 1. The average molecular weight is 589 g/mol. The maximum atomic E-state index is 13.7. The van der Waals surface area contributed by atoms with Gasteiger partial charge in [0.15, 0.2) is 5.75 Å². The fourth-order valence-electron chi connectivity index (χ4n) is 5.02. The van der Waals surface area contributed by atoms with Crippen LogP contribution in [0.5, 0.6) is 5.75 Å². The number of carbonyl (C=O) groups is 2. The van der Waals surface area contributed by atoms with Crippen LogP contribution in [0.1, 0.15) is 59.9 Å². The SMILES string of the molecule is CCOc1ccc(-c2nn(-c3ccccc3)cc2C2C(C(=O)OC(C)C)=C(C)NC(C)=C2C(=O)OC(C)C)cc1[N+](=O)[O-]. The number of nitrogens with zero attached hydrogens (tertiary/aromatic N) is 3. The predicted octanol–water partition coefficient (Wildman–Crippen LogP) is 5.98. The van der Waals surface area contributed by atoms with Gasteiger partial charge in [0, 0.05) is 34.8 Å². The van der Waals surface area contributed by atoms with Gasteiger partial charge >= 0.3 is 17.6 Å². The molecule has 11 nitrogen and oxygen atoms in total. The van der Waals surface area contributed by atoms with E-state index in [4.69, 9.17) is 19.3 Å². The van der Waals surface area contributed by atoms with Crippen molar-refractivity contribution < 1.29 is 28.7 Å². The summed E-state index contributed by atoms with van der Waals surface area (Å²) in [7, 11) is 0. The zero-order valence-electron chi connectivity index (χ0n) is 25.3. The molecule has 0 saturated carbocycles. The van der Waals surface area contributed by atoms with Crippen LogP contribution in [0, 0.1) is 10.1 Å². The topological polar surface area (TPSA) is 135 Å². The lowest BCUT2D eigenvalue weighted by Gasteiger charge is -2.31. The first-order valence-corrected chi connectivity index (χ1v) is 14.1. The van der Waals surface area contributed by atoms with Crippen molar-refractivity contribution in [3.05, 3.63) is 92.9 Å². The molecule has 43 heavy (non-hydrogen) atoms. The van der Waals surface area contributed by atoms with Crippen molar-refractivity contribution in [1.82, 2.24) is 15.1 Å². The van der Waals surface area contributed by atoms with Crippen molar-refractivity contribution in [3.63, 3.8) is 0 Å². The van der Waals surface area contributed by atoms with E-state index in [0.717, 1.165) is 0 Å². The number of nitro benzene ring substituents is 1. The molecule has 0 saturated heterocycles. The highest BCUT2D eigenvalue weighted by molar-refractivity contribution is 6.00. The number of aromatic nitrogens is 2. The second kappa shape index (κ2) is 12.9. The molecule has 3 aromatic rings. The fourth-order valence-corrected chi connectivity index (χ4v) is 5.02. The van der Waals surface area contributed by atoms with Crippen molar-refractivity contribution in [2.24, 2.45) is 0 Å². The van der Waals surface area contributed by atoms with E-state index in [1.54, 1.807) is 65.4 Å². The lowest BCUT2D eigenvalue weighted by molar-refractivity contribution is -0.385. The van der Waals surface area contributed by atoms with Crippen molar-refractivity contribution in [2.45, 2.75) is 66.6 Å². The molecule has 2 heterocycles. The van der Waals surface area contributed by atoms with Crippen molar-refractivity contribution in [2.75, 3.05) is 6.61 Å². The summed E-state index contributed by atoms with van der Waals surface area (Å²) in [4.78, 5) is 38.8.